The zero-order valence-electron chi connectivity index (χ0n) is 15.6. The molecule has 1 aromatic carbocycles. The molecule has 1 saturated carbocycles. The van der Waals surface area contributed by atoms with E-state index in [0.717, 1.165) is 37.2 Å². The monoisotopic (exact) mass is 353 g/mol. The standard InChI is InChI=1S/C21H27N3O2/c1-15-13-22-21(17-8-9-17)24(15)18-6-4-10-23(14-18)20(25)12-16-5-3-7-19(11-16)26-2/h3,5,7,11,13,17-18H,4,6,8-10,12,14H2,1-2H3. The van der Waals surface area contributed by atoms with Gasteiger partial charge in [0.2, 0.25) is 5.91 Å². The Hall–Kier alpha value is -2.30. The number of aryl methyl sites for hydroxylation is 1. The van der Waals surface area contributed by atoms with Crippen LogP contribution in [0.1, 0.15) is 54.7 Å². The zero-order valence-corrected chi connectivity index (χ0v) is 15.6. The van der Waals surface area contributed by atoms with E-state index in [9.17, 15) is 4.79 Å². The molecule has 1 aliphatic heterocycles. The van der Waals surface area contributed by atoms with Gasteiger partial charge in [-0.15, -0.1) is 0 Å². The second kappa shape index (κ2) is 7.14. The summed E-state index contributed by atoms with van der Waals surface area (Å²) in [6.45, 7) is 3.78. The molecule has 0 spiro atoms. The van der Waals surface area contributed by atoms with E-state index in [1.165, 1.54) is 24.4 Å². The Morgan fingerprint density at radius 3 is 2.92 bits per heavy atom. The van der Waals surface area contributed by atoms with Crippen molar-refractivity contribution in [3.05, 3.63) is 47.5 Å². The van der Waals surface area contributed by atoms with Crippen molar-refractivity contribution in [2.75, 3.05) is 20.2 Å². The SMILES string of the molecule is COc1cccc(CC(=O)N2CCCC(n3c(C)cnc3C3CC3)C2)c1. The number of aromatic nitrogens is 2. The summed E-state index contributed by atoms with van der Waals surface area (Å²) in [7, 11) is 1.65. The molecule has 0 bridgehead atoms. The van der Waals surface area contributed by atoms with Crippen LogP contribution in [0.25, 0.3) is 0 Å². The highest BCUT2D eigenvalue weighted by atomic mass is 16.5. The van der Waals surface area contributed by atoms with E-state index < -0.39 is 0 Å². The Balaban J connectivity index is 1.46. The summed E-state index contributed by atoms with van der Waals surface area (Å²) in [6.07, 6.45) is 7.10. The highest BCUT2D eigenvalue weighted by Gasteiger charge is 2.33. The quantitative estimate of drug-likeness (QED) is 0.827. The van der Waals surface area contributed by atoms with Crippen LogP contribution in [-0.2, 0) is 11.2 Å². The van der Waals surface area contributed by atoms with Crippen molar-refractivity contribution in [3.8, 4) is 5.75 Å². The van der Waals surface area contributed by atoms with E-state index in [2.05, 4.69) is 16.5 Å². The molecular formula is C21H27N3O2. The Labute approximate surface area is 155 Å². The van der Waals surface area contributed by atoms with Gasteiger partial charge in [0.25, 0.3) is 0 Å². The Morgan fingerprint density at radius 1 is 1.31 bits per heavy atom. The van der Waals surface area contributed by atoms with Crippen molar-refractivity contribution >= 4 is 5.91 Å². The van der Waals surface area contributed by atoms with Crippen LogP contribution in [0.2, 0.25) is 0 Å². The lowest BCUT2D eigenvalue weighted by molar-refractivity contribution is -0.132. The first-order valence-corrected chi connectivity index (χ1v) is 9.60. The predicted molar refractivity (Wildman–Crippen MR) is 100 cm³/mol. The van der Waals surface area contributed by atoms with Crippen molar-refractivity contribution in [1.29, 1.82) is 0 Å². The maximum absolute atomic E-state index is 12.9. The number of rotatable bonds is 5. The van der Waals surface area contributed by atoms with Gasteiger partial charge in [0, 0.05) is 30.9 Å². The molecule has 5 heteroatoms. The third-order valence-electron chi connectivity index (χ3n) is 5.56. The van der Waals surface area contributed by atoms with Gasteiger partial charge >= 0.3 is 0 Å². The van der Waals surface area contributed by atoms with E-state index in [0.29, 0.717) is 18.4 Å². The molecular weight excluding hydrogens is 326 g/mol. The van der Waals surface area contributed by atoms with Gasteiger partial charge in [-0.05, 0) is 50.3 Å². The van der Waals surface area contributed by atoms with Crippen molar-refractivity contribution in [2.24, 2.45) is 0 Å². The molecule has 0 N–H and O–H groups in total. The largest absolute Gasteiger partial charge is 0.497 e. The lowest BCUT2D eigenvalue weighted by Gasteiger charge is -2.35. The summed E-state index contributed by atoms with van der Waals surface area (Å²) in [5.41, 5.74) is 2.23. The van der Waals surface area contributed by atoms with Gasteiger partial charge in [-0.3, -0.25) is 4.79 Å². The summed E-state index contributed by atoms with van der Waals surface area (Å²) in [5, 5.41) is 0. The molecule has 1 aromatic heterocycles. The fourth-order valence-corrected chi connectivity index (χ4v) is 4.04. The molecule has 1 aliphatic carbocycles. The highest BCUT2D eigenvalue weighted by molar-refractivity contribution is 5.79. The normalized spacial score (nSPS) is 20.2. The number of carbonyl (C=O) groups is 1. The van der Waals surface area contributed by atoms with E-state index in [1.54, 1.807) is 7.11 Å². The fraction of sp³-hybridized carbons (Fsp3) is 0.524. The average Bonchev–Trinajstić information content (AvgIpc) is 3.44. The Bertz CT molecular complexity index is 794. The molecule has 138 valence electrons. The van der Waals surface area contributed by atoms with Gasteiger partial charge in [0.1, 0.15) is 11.6 Å². The van der Waals surface area contributed by atoms with Crippen LogP contribution in [0, 0.1) is 6.92 Å². The van der Waals surface area contributed by atoms with Gasteiger partial charge in [0.15, 0.2) is 0 Å². The molecule has 0 radical (unpaired) electrons. The first-order chi connectivity index (χ1) is 12.7. The van der Waals surface area contributed by atoms with Gasteiger partial charge in [-0.1, -0.05) is 12.1 Å². The van der Waals surface area contributed by atoms with E-state index in [4.69, 9.17) is 4.74 Å². The molecule has 26 heavy (non-hydrogen) atoms. The number of imidazole rings is 1. The van der Waals surface area contributed by atoms with Crippen molar-refractivity contribution in [3.63, 3.8) is 0 Å². The molecule has 1 unspecified atom stereocenters. The van der Waals surface area contributed by atoms with E-state index in [-0.39, 0.29) is 5.91 Å². The predicted octanol–water partition coefficient (Wildman–Crippen LogP) is 3.48. The van der Waals surface area contributed by atoms with Crippen molar-refractivity contribution in [1.82, 2.24) is 14.5 Å². The molecule has 1 atom stereocenters. The molecule has 1 saturated heterocycles. The molecule has 1 amide bonds. The summed E-state index contributed by atoms with van der Waals surface area (Å²) in [6, 6.07) is 8.15. The van der Waals surface area contributed by atoms with E-state index >= 15 is 0 Å². The Kier molecular flexibility index (Phi) is 4.70. The molecule has 2 heterocycles. The number of methoxy groups -OCH3 is 1. The van der Waals surface area contributed by atoms with Crippen molar-refractivity contribution in [2.45, 2.75) is 51.0 Å². The number of piperidine rings is 1. The van der Waals surface area contributed by atoms with Crippen LogP contribution in [0.4, 0.5) is 0 Å². The summed E-state index contributed by atoms with van der Waals surface area (Å²) in [4.78, 5) is 19.5. The van der Waals surface area contributed by atoms with Crippen LogP contribution >= 0.6 is 0 Å². The van der Waals surface area contributed by atoms with Gasteiger partial charge in [-0.2, -0.15) is 0 Å². The van der Waals surface area contributed by atoms with Gasteiger partial charge < -0.3 is 14.2 Å². The molecule has 2 aliphatic rings. The number of hydrogen-bond donors (Lipinski definition) is 0. The maximum atomic E-state index is 12.9. The number of nitrogens with zero attached hydrogens (tertiary/aromatic N) is 3. The van der Waals surface area contributed by atoms with Crippen LogP contribution in [0.15, 0.2) is 30.5 Å². The number of carbonyl (C=O) groups excluding carboxylic acids is 1. The van der Waals surface area contributed by atoms with Crippen LogP contribution in [-0.4, -0.2) is 40.6 Å². The lowest BCUT2D eigenvalue weighted by Crippen LogP contribution is -2.42. The van der Waals surface area contributed by atoms with Crippen molar-refractivity contribution < 1.29 is 9.53 Å². The first kappa shape index (κ1) is 17.1. The van der Waals surface area contributed by atoms with Crippen LogP contribution in [0.5, 0.6) is 5.75 Å². The summed E-state index contributed by atoms with van der Waals surface area (Å²) < 4.78 is 7.67. The summed E-state index contributed by atoms with van der Waals surface area (Å²) >= 11 is 0. The highest BCUT2D eigenvalue weighted by Crippen LogP contribution is 2.41. The third kappa shape index (κ3) is 3.48. The van der Waals surface area contributed by atoms with Crippen LogP contribution < -0.4 is 4.74 Å². The second-order valence-corrected chi connectivity index (χ2v) is 7.57. The second-order valence-electron chi connectivity index (χ2n) is 7.57. The van der Waals surface area contributed by atoms with Gasteiger partial charge in [-0.25, -0.2) is 4.98 Å². The zero-order chi connectivity index (χ0) is 18.1. The third-order valence-corrected chi connectivity index (χ3v) is 5.56. The van der Waals surface area contributed by atoms with Gasteiger partial charge in [0.05, 0.1) is 19.6 Å². The number of amides is 1. The van der Waals surface area contributed by atoms with E-state index in [1.807, 2.05) is 35.4 Å². The number of benzene rings is 1. The lowest BCUT2D eigenvalue weighted by atomic mass is 10.0. The first-order valence-electron chi connectivity index (χ1n) is 9.60. The molecule has 2 fully saturated rings. The minimum absolute atomic E-state index is 0.202. The topological polar surface area (TPSA) is 47.4 Å². The molecule has 2 aromatic rings. The molecule has 4 rings (SSSR count). The minimum atomic E-state index is 0.202. The smallest absolute Gasteiger partial charge is 0.227 e. The van der Waals surface area contributed by atoms with Crippen LogP contribution in [0.3, 0.4) is 0 Å². The minimum Gasteiger partial charge on any atom is -0.497 e. The average molecular weight is 353 g/mol. The fourth-order valence-electron chi connectivity index (χ4n) is 4.04. The molecule has 5 nitrogen and oxygen atoms in total. The summed E-state index contributed by atoms with van der Waals surface area (Å²) in [5.74, 6) is 2.87. The number of likely N-dealkylation sites (tertiary alicyclic amines) is 1. The number of ether oxygens (including phenoxy) is 1. The maximum Gasteiger partial charge on any atom is 0.227 e. The Morgan fingerprint density at radius 2 is 2.15 bits per heavy atom. The number of hydrogen-bond acceptors (Lipinski definition) is 3.